The van der Waals surface area contributed by atoms with E-state index in [9.17, 15) is 9.59 Å². The Morgan fingerprint density at radius 1 is 1.38 bits per heavy atom. The number of carboxylic acids is 1. The molecule has 0 aromatic heterocycles. The third-order valence-electron chi connectivity index (χ3n) is 2.91. The molecule has 1 rings (SSSR count). The Morgan fingerprint density at radius 2 is 2.10 bits per heavy atom. The highest BCUT2D eigenvalue weighted by atomic mass is 35.5. The lowest BCUT2D eigenvalue weighted by Crippen LogP contribution is -2.24. The fourth-order valence-electron chi connectivity index (χ4n) is 1.78. The Labute approximate surface area is 129 Å². The van der Waals surface area contributed by atoms with E-state index in [0.717, 1.165) is 18.9 Å². The number of hydrogen-bond donors (Lipinski definition) is 2. The molecular weight excluding hydrogens is 290 g/mol. The Kier molecular flexibility index (Phi) is 6.96. The van der Waals surface area contributed by atoms with Crippen molar-refractivity contribution in [1.29, 1.82) is 0 Å². The van der Waals surface area contributed by atoms with E-state index >= 15 is 0 Å². The van der Waals surface area contributed by atoms with Crippen LogP contribution in [-0.2, 0) is 4.79 Å². The van der Waals surface area contributed by atoms with E-state index in [-0.39, 0.29) is 5.91 Å². The van der Waals surface area contributed by atoms with Crippen LogP contribution in [0.25, 0.3) is 6.08 Å². The SMILES string of the molecule is CC(C)CCCNC(=O)c1ccc(/C=C/C(=O)O)c(Cl)c1. The number of hydrogen-bond acceptors (Lipinski definition) is 2. The summed E-state index contributed by atoms with van der Waals surface area (Å²) < 4.78 is 0. The van der Waals surface area contributed by atoms with Gasteiger partial charge >= 0.3 is 5.97 Å². The molecule has 114 valence electrons. The molecular formula is C16H20ClNO3. The van der Waals surface area contributed by atoms with Crippen LogP contribution in [-0.4, -0.2) is 23.5 Å². The van der Waals surface area contributed by atoms with E-state index in [1.807, 2.05) is 0 Å². The highest BCUT2D eigenvalue weighted by Gasteiger charge is 2.07. The number of carbonyl (C=O) groups is 2. The molecule has 1 aromatic carbocycles. The summed E-state index contributed by atoms with van der Waals surface area (Å²) in [5.41, 5.74) is 1.03. The van der Waals surface area contributed by atoms with Crippen molar-refractivity contribution >= 4 is 29.6 Å². The molecule has 0 aliphatic rings. The summed E-state index contributed by atoms with van der Waals surface area (Å²) in [5.74, 6) is -0.593. The van der Waals surface area contributed by atoms with Gasteiger partial charge in [-0.15, -0.1) is 0 Å². The Morgan fingerprint density at radius 3 is 2.67 bits per heavy atom. The van der Waals surface area contributed by atoms with Crippen LogP contribution in [0.3, 0.4) is 0 Å². The van der Waals surface area contributed by atoms with E-state index < -0.39 is 5.97 Å². The first kappa shape index (κ1) is 17.2. The number of benzene rings is 1. The van der Waals surface area contributed by atoms with Crippen LogP contribution in [0.2, 0.25) is 5.02 Å². The number of aliphatic carboxylic acids is 1. The molecule has 1 aromatic rings. The molecule has 1 amide bonds. The van der Waals surface area contributed by atoms with Crippen molar-refractivity contribution in [2.75, 3.05) is 6.54 Å². The van der Waals surface area contributed by atoms with Crippen molar-refractivity contribution in [3.63, 3.8) is 0 Å². The van der Waals surface area contributed by atoms with Crippen LogP contribution >= 0.6 is 11.6 Å². The van der Waals surface area contributed by atoms with Crippen molar-refractivity contribution in [1.82, 2.24) is 5.32 Å². The molecule has 0 unspecified atom stereocenters. The summed E-state index contributed by atoms with van der Waals surface area (Å²) in [5, 5.41) is 11.8. The first-order valence-corrected chi connectivity index (χ1v) is 7.26. The molecule has 0 heterocycles. The fourth-order valence-corrected chi connectivity index (χ4v) is 2.02. The van der Waals surface area contributed by atoms with Crippen molar-refractivity contribution in [2.45, 2.75) is 26.7 Å². The minimum atomic E-state index is -1.04. The predicted octanol–water partition coefficient (Wildman–Crippen LogP) is 3.60. The van der Waals surface area contributed by atoms with Crippen LogP contribution in [0.4, 0.5) is 0 Å². The molecule has 0 aliphatic heterocycles. The second kappa shape index (κ2) is 8.47. The smallest absolute Gasteiger partial charge is 0.328 e. The van der Waals surface area contributed by atoms with E-state index in [0.29, 0.717) is 28.6 Å². The zero-order chi connectivity index (χ0) is 15.8. The average molecular weight is 310 g/mol. The molecule has 2 N–H and O–H groups in total. The number of amides is 1. The van der Waals surface area contributed by atoms with Gasteiger partial charge in [-0.25, -0.2) is 4.79 Å². The summed E-state index contributed by atoms with van der Waals surface area (Å²) in [4.78, 5) is 22.4. The second-order valence-electron chi connectivity index (χ2n) is 5.20. The molecule has 0 fully saturated rings. The van der Waals surface area contributed by atoms with Crippen LogP contribution in [0.1, 0.15) is 42.6 Å². The summed E-state index contributed by atoms with van der Waals surface area (Å²) in [7, 11) is 0. The molecule has 0 saturated heterocycles. The zero-order valence-corrected chi connectivity index (χ0v) is 13.0. The van der Waals surface area contributed by atoms with Gasteiger partial charge in [0.2, 0.25) is 0 Å². The standard InChI is InChI=1S/C16H20ClNO3/c1-11(2)4-3-9-18-16(21)13-6-5-12(14(17)10-13)7-8-15(19)20/h5-8,10-11H,3-4,9H2,1-2H3,(H,18,21)(H,19,20)/b8-7+. The van der Waals surface area contributed by atoms with Crippen molar-refractivity contribution < 1.29 is 14.7 Å². The normalized spacial score (nSPS) is 11.0. The zero-order valence-electron chi connectivity index (χ0n) is 12.2. The van der Waals surface area contributed by atoms with Gasteiger partial charge in [-0.2, -0.15) is 0 Å². The van der Waals surface area contributed by atoms with Crippen LogP contribution in [0.5, 0.6) is 0 Å². The number of halogens is 1. The molecule has 5 heteroatoms. The minimum absolute atomic E-state index is 0.172. The summed E-state index contributed by atoms with van der Waals surface area (Å²) in [6.07, 6.45) is 4.42. The summed E-state index contributed by atoms with van der Waals surface area (Å²) in [6, 6.07) is 4.80. The molecule has 0 saturated carbocycles. The largest absolute Gasteiger partial charge is 0.478 e. The van der Waals surface area contributed by atoms with Gasteiger partial charge in [0, 0.05) is 23.2 Å². The molecule has 0 atom stereocenters. The second-order valence-corrected chi connectivity index (χ2v) is 5.61. The lowest BCUT2D eigenvalue weighted by atomic mass is 10.1. The molecule has 0 bridgehead atoms. The van der Waals surface area contributed by atoms with Gasteiger partial charge in [-0.3, -0.25) is 4.79 Å². The Balaban J connectivity index is 2.62. The maximum atomic E-state index is 11.9. The maximum Gasteiger partial charge on any atom is 0.328 e. The maximum absolute atomic E-state index is 11.9. The first-order chi connectivity index (χ1) is 9.90. The van der Waals surface area contributed by atoms with Crippen molar-refractivity contribution in [3.05, 3.63) is 40.4 Å². The van der Waals surface area contributed by atoms with Gasteiger partial charge in [0.1, 0.15) is 0 Å². The molecule has 0 spiro atoms. The highest BCUT2D eigenvalue weighted by Crippen LogP contribution is 2.19. The van der Waals surface area contributed by atoms with E-state index in [2.05, 4.69) is 19.2 Å². The Bertz CT molecular complexity index is 538. The van der Waals surface area contributed by atoms with Gasteiger partial charge in [0.25, 0.3) is 5.91 Å². The van der Waals surface area contributed by atoms with Gasteiger partial charge < -0.3 is 10.4 Å². The minimum Gasteiger partial charge on any atom is -0.478 e. The average Bonchev–Trinajstić information content (AvgIpc) is 2.41. The number of nitrogens with one attached hydrogen (secondary N) is 1. The van der Waals surface area contributed by atoms with Gasteiger partial charge in [0.05, 0.1) is 0 Å². The highest BCUT2D eigenvalue weighted by molar-refractivity contribution is 6.32. The lowest BCUT2D eigenvalue weighted by Gasteiger charge is -2.08. The van der Waals surface area contributed by atoms with Gasteiger partial charge in [0.15, 0.2) is 0 Å². The molecule has 21 heavy (non-hydrogen) atoms. The van der Waals surface area contributed by atoms with Crippen molar-refractivity contribution in [2.24, 2.45) is 5.92 Å². The quantitative estimate of drug-likeness (QED) is 0.597. The Hall–Kier alpha value is -1.81. The van der Waals surface area contributed by atoms with Crippen LogP contribution in [0.15, 0.2) is 24.3 Å². The number of carbonyl (C=O) groups excluding carboxylic acids is 1. The molecule has 4 nitrogen and oxygen atoms in total. The summed E-state index contributed by atoms with van der Waals surface area (Å²) >= 11 is 6.04. The summed E-state index contributed by atoms with van der Waals surface area (Å²) in [6.45, 7) is 4.92. The van der Waals surface area contributed by atoms with E-state index in [1.165, 1.54) is 6.08 Å². The first-order valence-electron chi connectivity index (χ1n) is 6.89. The van der Waals surface area contributed by atoms with Crippen LogP contribution in [0, 0.1) is 5.92 Å². The van der Waals surface area contributed by atoms with Crippen molar-refractivity contribution in [3.8, 4) is 0 Å². The monoisotopic (exact) mass is 309 g/mol. The number of rotatable bonds is 7. The van der Waals surface area contributed by atoms with Crippen LogP contribution < -0.4 is 5.32 Å². The third kappa shape index (κ3) is 6.45. The van der Waals surface area contributed by atoms with E-state index in [4.69, 9.17) is 16.7 Å². The van der Waals surface area contributed by atoms with E-state index in [1.54, 1.807) is 18.2 Å². The van der Waals surface area contributed by atoms with Gasteiger partial charge in [-0.1, -0.05) is 31.5 Å². The fraction of sp³-hybridized carbons (Fsp3) is 0.375. The lowest BCUT2D eigenvalue weighted by molar-refractivity contribution is -0.131. The predicted molar refractivity (Wildman–Crippen MR) is 84.5 cm³/mol. The number of carboxylic acid groups (broad SMARTS) is 1. The van der Waals surface area contributed by atoms with Gasteiger partial charge in [-0.05, 0) is 42.5 Å². The molecule has 0 aliphatic carbocycles. The molecule has 0 radical (unpaired) electrons. The third-order valence-corrected chi connectivity index (χ3v) is 3.24. The topological polar surface area (TPSA) is 66.4 Å².